The van der Waals surface area contributed by atoms with Gasteiger partial charge in [-0.3, -0.25) is 0 Å². The third-order valence-corrected chi connectivity index (χ3v) is 4.03. The molecule has 23 heavy (non-hydrogen) atoms. The third kappa shape index (κ3) is 2.66. The first-order valence-electron chi connectivity index (χ1n) is 7.07. The summed E-state index contributed by atoms with van der Waals surface area (Å²) in [5.41, 5.74) is 15.2. The van der Waals surface area contributed by atoms with Crippen LogP contribution < -0.4 is 16.4 Å². The largest absolute Gasteiger partial charge is 0.416 e. The zero-order valence-corrected chi connectivity index (χ0v) is 12.4. The number of nitrogens with zero attached hydrogens (tertiary/aromatic N) is 1. The molecule has 0 bridgehead atoms. The number of aryl methyl sites for hydroxylation is 1. The number of benzene rings is 2. The van der Waals surface area contributed by atoms with Crippen molar-refractivity contribution in [1.82, 2.24) is 0 Å². The van der Waals surface area contributed by atoms with Crippen molar-refractivity contribution >= 4 is 17.5 Å². The number of nitrogen functional groups attached to an aromatic ring is 1. The van der Waals surface area contributed by atoms with E-state index < -0.39 is 17.9 Å². The molecule has 1 aliphatic rings. The van der Waals surface area contributed by atoms with Crippen LogP contribution >= 0.6 is 0 Å². The van der Waals surface area contributed by atoms with E-state index in [1.54, 1.807) is 23.2 Å². The summed E-state index contributed by atoms with van der Waals surface area (Å²) in [4.78, 5) is 1.60. The van der Waals surface area contributed by atoms with Crippen LogP contribution in [0.15, 0.2) is 42.6 Å². The number of rotatable bonds is 1. The first-order valence-corrected chi connectivity index (χ1v) is 7.07. The number of halogens is 3. The van der Waals surface area contributed by atoms with E-state index in [0.717, 1.165) is 28.8 Å². The second kappa shape index (κ2) is 5.31. The fourth-order valence-corrected chi connectivity index (χ4v) is 2.69. The van der Waals surface area contributed by atoms with Gasteiger partial charge < -0.3 is 16.4 Å². The maximum Gasteiger partial charge on any atom is 0.416 e. The van der Waals surface area contributed by atoms with Crippen molar-refractivity contribution in [3.8, 4) is 0 Å². The van der Waals surface area contributed by atoms with Crippen molar-refractivity contribution in [1.29, 1.82) is 0 Å². The van der Waals surface area contributed by atoms with Crippen molar-refractivity contribution in [2.24, 2.45) is 5.73 Å². The molecule has 0 saturated carbocycles. The molecule has 1 aliphatic heterocycles. The average Bonchev–Trinajstić information content (AvgIpc) is 2.51. The third-order valence-electron chi connectivity index (χ3n) is 4.03. The van der Waals surface area contributed by atoms with E-state index >= 15 is 0 Å². The Bertz CT molecular complexity index is 781. The Hall–Kier alpha value is -2.47. The zero-order chi connectivity index (χ0) is 16.8. The summed E-state index contributed by atoms with van der Waals surface area (Å²) in [6, 6.07) is 8.82. The van der Waals surface area contributed by atoms with Gasteiger partial charge in [0.15, 0.2) is 0 Å². The average molecular weight is 319 g/mol. The van der Waals surface area contributed by atoms with Crippen molar-refractivity contribution in [3.63, 3.8) is 0 Å². The molecule has 0 amide bonds. The molecule has 0 spiro atoms. The van der Waals surface area contributed by atoms with E-state index in [0.29, 0.717) is 11.4 Å². The lowest BCUT2D eigenvalue weighted by molar-refractivity contribution is -0.137. The maximum atomic E-state index is 12.9. The monoisotopic (exact) mass is 319 g/mol. The summed E-state index contributed by atoms with van der Waals surface area (Å²) in [6.07, 6.45) is -1.54. The first kappa shape index (κ1) is 15.4. The van der Waals surface area contributed by atoms with Gasteiger partial charge in [0.05, 0.1) is 5.56 Å². The van der Waals surface area contributed by atoms with Crippen molar-refractivity contribution < 1.29 is 13.2 Å². The highest BCUT2D eigenvalue weighted by Gasteiger charge is 2.31. The number of hydrogen-bond acceptors (Lipinski definition) is 3. The van der Waals surface area contributed by atoms with E-state index in [-0.39, 0.29) is 0 Å². The quantitative estimate of drug-likeness (QED) is 0.780. The standard InChI is InChI=1S/C17H16F3N3/c1-10-5-6-14-13(15(10)21)7-8-23(16(14)22)12-4-2-3-11(9-12)17(18,19)20/h2-9,16H,21-22H2,1H3. The van der Waals surface area contributed by atoms with Gasteiger partial charge in [0.2, 0.25) is 0 Å². The van der Waals surface area contributed by atoms with Gasteiger partial charge in [-0.1, -0.05) is 18.2 Å². The molecule has 2 aromatic rings. The molecule has 3 nitrogen and oxygen atoms in total. The molecule has 0 aromatic heterocycles. The molecule has 3 rings (SSSR count). The van der Waals surface area contributed by atoms with Crippen molar-refractivity contribution in [2.75, 3.05) is 10.6 Å². The van der Waals surface area contributed by atoms with Gasteiger partial charge in [0, 0.05) is 23.1 Å². The van der Waals surface area contributed by atoms with Crippen LogP contribution in [0.5, 0.6) is 0 Å². The minimum absolute atomic E-state index is 0.383. The Labute approximate surface area is 132 Å². The van der Waals surface area contributed by atoms with Crippen LogP contribution in [0, 0.1) is 6.92 Å². The Kier molecular flexibility index (Phi) is 3.56. The molecule has 0 saturated heterocycles. The lowest BCUT2D eigenvalue weighted by Gasteiger charge is -2.33. The minimum Gasteiger partial charge on any atom is -0.398 e. The van der Waals surface area contributed by atoms with Gasteiger partial charge in [0.25, 0.3) is 0 Å². The predicted octanol–water partition coefficient (Wildman–Crippen LogP) is 4.04. The predicted molar refractivity (Wildman–Crippen MR) is 85.5 cm³/mol. The van der Waals surface area contributed by atoms with Gasteiger partial charge in [-0.15, -0.1) is 0 Å². The Morgan fingerprint density at radius 3 is 2.57 bits per heavy atom. The van der Waals surface area contributed by atoms with Crippen LogP contribution in [-0.2, 0) is 6.18 Å². The summed E-state index contributed by atoms with van der Waals surface area (Å²) < 4.78 is 38.7. The van der Waals surface area contributed by atoms with Gasteiger partial charge in [-0.2, -0.15) is 13.2 Å². The molecule has 1 heterocycles. The number of hydrogen-bond donors (Lipinski definition) is 2. The highest BCUT2D eigenvalue weighted by Crippen LogP contribution is 2.37. The molecule has 0 aliphatic carbocycles. The lowest BCUT2D eigenvalue weighted by Crippen LogP contribution is -2.33. The molecule has 4 N–H and O–H groups in total. The minimum atomic E-state index is -4.39. The Morgan fingerprint density at radius 2 is 1.87 bits per heavy atom. The zero-order valence-electron chi connectivity index (χ0n) is 12.4. The van der Waals surface area contributed by atoms with E-state index in [9.17, 15) is 13.2 Å². The van der Waals surface area contributed by atoms with Crippen LogP contribution in [0.1, 0.15) is 28.4 Å². The van der Waals surface area contributed by atoms with Crippen molar-refractivity contribution in [2.45, 2.75) is 19.3 Å². The summed E-state index contributed by atoms with van der Waals surface area (Å²) >= 11 is 0. The topological polar surface area (TPSA) is 55.3 Å². The van der Waals surface area contributed by atoms with Crippen LogP contribution in [0.25, 0.3) is 6.08 Å². The second-order valence-electron chi connectivity index (χ2n) is 5.51. The molecule has 2 aromatic carbocycles. The smallest absolute Gasteiger partial charge is 0.398 e. The summed E-state index contributed by atoms with van der Waals surface area (Å²) in [7, 11) is 0. The first-order chi connectivity index (χ1) is 10.8. The van der Waals surface area contributed by atoms with Crippen molar-refractivity contribution in [3.05, 3.63) is 64.9 Å². The highest BCUT2D eigenvalue weighted by atomic mass is 19.4. The molecule has 1 atom stereocenters. The number of fused-ring (bicyclic) bond motifs is 1. The molecular formula is C17H16F3N3. The summed E-state index contributed by atoms with van der Waals surface area (Å²) in [5, 5.41) is 0. The molecule has 1 unspecified atom stereocenters. The normalized spacial score (nSPS) is 17.3. The molecule has 0 radical (unpaired) electrons. The number of nitrogens with two attached hydrogens (primary N) is 2. The molecule has 6 heteroatoms. The lowest BCUT2D eigenvalue weighted by atomic mass is 9.96. The van der Waals surface area contributed by atoms with E-state index in [1.807, 2.05) is 19.1 Å². The summed E-state index contributed by atoms with van der Waals surface area (Å²) in [6.45, 7) is 1.90. The molecular weight excluding hydrogens is 303 g/mol. The van der Waals surface area contributed by atoms with Gasteiger partial charge in [-0.25, -0.2) is 0 Å². The van der Waals surface area contributed by atoms with Crippen LogP contribution in [0.4, 0.5) is 24.5 Å². The Balaban J connectivity index is 2.03. The van der Waals surface area contributed by atoms with E-state index in [2.05, 4.69) is 0 Å². The SMILES string of the molecule is Cc1ccc2c(c1N)C=CN(c1cccc(C(F)(F)F)c1)C2N. The molecule has 0 fully saturated rings. The van der Waals surface area contributed by atoms with Crippen LogP contribution in [0.2, 0.25) is 0 Å². The summed E-state index contributed by atoms with van der Waals surface area (Å²) in [5.74, 6) is 0. The van der Waals surface area contributed by atoms with Crippen LogP contribution in [-0.4, -0.2) is 0 Å². The fourth-order valence-electron chi connectivity index (χ4n) is 2.69. The fraction of sp³-hybridized carbons (Fsp3) is 0.176. The number of anilines is 2. The molecule has 120 valence electrons. The Morgan fingerprint density at radius 1 is 1.13 bits per heavy atom. The highest BCUT2D eigenvalue weighted by molar-refractivity contribution is 5.75. The number of alkyl halides is 3. The maximum absolute atomic E-state index is 12.9. The second-order valence-corrected chi connectivity index (χ2v) is 5.51. The van der Waals surface area contributed by atoms with E-state index in [4.69, 9.17) is 11.5 Å². The van der Waals surface area contributed by atoms with Gasteiger partial charge in [-0.05, 0) is 42.3 Å². The van der Waals surface area contributed by atoms with Gasteiger partial charge >= 0.3 is 6.18 Å². The van der Waals surface area contributed by atoms with Crippen LogP contribution in [0.3, 0.4) is 0 Å². The van der Waals surface area contributed by atoms with Gasteiger partial charge in [0.1, 0.15) is 6.17 Å². The van der Waals surface area contributed by atoms with E-state index in [1.165, 1.54) is 6.07 Å².